The van der Waals surface area contributed by atoms with Crippen LogP contribution in [-0.4, -0.2) is 62.9 Å². The molecule has 2 nitrogen and oxygen atoms in total. The molecule has 7 heteroatoms. The van der Waals surface area contributed by atoms with Gasteiger partial charge in [-0.2, -0.15) is 0 Å². The topological polar surface area (TPSA) is 15.3 Å². The summed E-state index contributed by atoms with van der Waals surface area (Å²) < 4.78 is 2.50. The molecule has 0 saturated heterocycles. The first kappa shape index (κ1) is 14.1. The Hall–Kier alpha value is 2.55. The summed E-state index contributed by atoms with van der Waals surface area (Å²) in [6.07, 6.45) is 1.76. The molecule has 0 saturated carbocycles. The molecule has 0 aliphatic carbocycles. The summed E-state index contributed by atoms with van der Waals surface area (Å²) >= 11 is 9.39. The van der Waals surface area contributed by atoms with E-state index < -0.39 is 0 Å². The first-order valence-corrected chi connectivity index (χ1v) is 3.23. The molecule has 0 atom stereocenters. The fourth-order valence-electron chi connectivity index (χ4n) is 0.252. The van der Waals surface area contributed by atoms with E-state index in [4.69, 9.17) is 0 Å². The molecule has 42 valence electrons. The third kappa shape index (κ3) is 5.78. The van der Waals surface area contributed by atoms with E-state index in [0.29, 0.717) is 0 Å². The molecular formula is C2H4N2Na2S3. The predicted octanol–water partition coefficient (Wildman–Crippen LogP) is 0.267. The van der Waals surface area contributed by atoms with Crippen LogP contribution >= 0.6 is 37.4 Å². The SMILES string of the molecule is SC1=CNN(S)S1.[Na].[Na]. The standard InChI is InChI=1S/C2H4N2S3.2Na/c5-2-1-3-4(6)7-2;;/h1,3,5-6H;;. The number of rotatable bonds is 0. The molecule has 0 aromatic heterocycles. The van der Waals surface area contributed by atoms with Gasteiger partial charge < -0.3 is 5.43 Å². The zero-order chi connectivity index (χ0) is 5.28. The molecule has 0 aromatic rings. The van der Waals surface area contributed by atoms with Crippen molar-refractivity contribution in [1.29, 1.82) is 0 Å². The molecule has 2 radical (unpaired) electrons. The van der Waals surface area contributed by atoms with Gasteiger partial charge in [-0.25, -0.2) is 0 Å². The predicted molar refractivity (Wildman–Crippen MR) is 50.1 cm³/mol. The minimum atomic E-state index is 0. The first-order valence-electron chi connectivity index (χ1n) is 1.61. The molecule has 1 aliphatic heterocycles. The van der Waals surface area contributed by atoms with Gasteiger partial charge in [-0.3, -0.25) is 0 Å². The monoisotopic (exact) mass is 198 g/mol. The van der Waals surface area contributed by atoms with E-state index in [2.05, 4.69) is 30.9 Å². The summed E-state index contributed by atoms with van der Waals surface area (Å²) in [7, 11) is 0. The average Bonchev–Trinajstić information content (AvgIpc) is 1.87. The van der Waals surface area contributed by atoms with Crippen LogP contribution in [0.2, 0.25) is 0 Å². The molecule has 0 bridgehead atoms. The van der Waals surface area contributed by atoms with Gasteiger partial charge in [-0.15, -0.1) is 16.4 Å². The zero-order valence-electron chi connectivity index (χ0n) is 5.33. The Kier molecular flexibility index (Phi) is 11.3. The van der Waals surface area contributed by atoms with Crippen LogP contribution in [0, 0.1) is 0 Å². The molecule has 1 aliphatic rings. The Balaban J connectivity index is 0. The minimum absolute atomic E-state index is 0. The van der Waals surface area contributed by atoms with E-state index in [-0.39, 0.29) is 59.1 Å². The summed E-state index contributed by atoms with van der Waals surface area (Å²) in [5.74, 6) is 0. The second kappa shape index (κ2) is 7.21. The largest absolute Gasteiger partial charge is 0.305 e. The number of hydrazine groups is 1. The summed E-state index contributed by atoms with van der Waals surface area (Å²) in [6.45, 7) is 0. The van der Waals surface area contributed by atoms with Gasteiger partial charge in [0.05, 0.1) is 4.24 Å². The average molecular weight is 198 g/mol. The number of nitrogens with one attached hydrogen (secondary N) is 1. The first-order chi connectivity index (χ1) is 3.29. The van der Waals surface area contributed by atoms with Gasteiger partial charge in [0.2, 0.25) is 0 Å². The number of hydrogen-bond donors (Lipinski definition) is 3. The van der Waals surface area contributed by atoms with E-state index in [1.165, 1.54) is 11.9 Å². The molecule has 0 unspecified atom stereocenters. The molecule has 0 fully saturated rings. The molecule has 0 spiro atoms. The van der Waals surface area contributed by atoms with Gasteiger partial charge in [0, 0.05) is 65.3 Å². The number of thiol groups is 2. The quantitative estimate of drug-likeness (QED) is 0.294. The van der Waals surface area contributed by atoms with Crippen LogP contribution in [0.3, 0.4) is 0 Å². The van der Waals surface area contributed by atoms with Crippen LogP contribution in [0.4, 0.5) is 0 Å². The maximum absolute atomic E-state index is 4.02. The van der Waals surface area contributed by atoms with E-state index in [9.17, 15) is 0 Å². The van der Waals surface area contributed by atoms with Crippen molar-refractivity contribution in [2.24, 2.45) is 0 Å². The van der Waals surface area contributed by atoms with Crippen LogP contribution in [0.15, 0.2) is 10.4 Å². The fourth-order valence-corrected chi connectivity index (χ4v) is 1.46. The van der Waals surface area contributed by atoms with Gasteiger partial charge in [0.15, 0.2) is 0 Å². The summed E-state index contributed by atoms with van der Waals surface area (Å²) in [6, 6.07) is 0. The normalized spacial score (nSPS) is 16.9. The smallest absolute Gasteiger partial charge is 0.0726 e. The summed E-state index contributed by atoms with van der Waals surface area (Å²) in [5, 5.41) is 0. The van der Waals surface area contributed by atoms with Crippen molar-refractivity contribution in [3.05, 3.63) is 10.4 Å². The second-order valence-corrected chi connectivity index (χ2v) is 3.42. The maximum atomic E-state index is 4.02. The van der Waals surface area contributed by atoms with Gasteiger partial charge in [0.1, 0.15) is 0 Å². The maximum Gasteiger partial charge on any atom is 0.0726 e. The molecule has 0 aromatic carbocycles. The summed E-state index contributed by atoms with van der Waals surface area (Å²) in [5.41, 5.74) is 2.79. The van der Waals surface area contributed by atoms with Crippen LogP contribution < -0.4 is 5.43 Å². The van der Waals surface area contributed by atoms with Crippen molar-refractivity contribution in [1.82, 2.24) is 9.25 Å². The fraction of sp³-hybridized carbons (Fsp3) is 0. The number of nitrogens with zero attached hydrogens (tertiary/aromatic N) is 1. The third-order valence-electron chi connectivity index (χ3n) is 0.478. The zero-order valence-corrected chi connectivity index (χ0v) is 11.9. The molecule has 9 heavy (non-hydrogen) atoms. The van der Waals surface area contributed by atoms with Gasteiger partial charge in [-0.05, 0) is 11.9 Å². The molecule has 1 N–H and O–H groups in total. The second-order valence-electron chi connectivity index (χ2n) is 0.976. The Morgan fingerprint density at radius 1 is 1.56 bits per heavy atom. The Morgan fingerprint density at radius 2 is 2.11 bits per heavy atom. The Bertz CT molecular complexity index is 108. The van der Waals surface area contributed by atoms with Crippen LogP contribution in [0.5, 0.6) is 0 Å². The van der Waals surface area contributed by atoms with Gasteiger partial charge in [0.25, 0.3) is 0 Å². The van der Waals surface area contributed by atoms with Crippen molar-refractivity contribution < 1.29 is 0 Å². The van der Waals surface area contributed by atoms with Crippen LogP contribution in [0.25, 0.3) is 0 Å². The molecule has 1 rings (SSSR count). The Labute approximate surface area is 114 Å². The van der Waals surface area contributed by atoms with E-state index >= 15 is 0 Å². The van der Waals surface area contributed by atoms with E-state index in [1.807, 2.05) is 0 Å². The van der Waals surface area contributed by atoms with Crippen molar-refractivity contribution in [2.75, 3.05) is 0 Å². The number of hydrogen-bond acceptors (Lipinski definition) is 5. The summed E-state index contributed by atoms with van der Waals surface area (Å²) in [4.78, 5) is 0. The molecular weight excluding hydrogens is 194 g/mol. The third-order valence-corrected chi connectivity index (χ3v) is 1.80. The van der Waals surface area contributed by atoms with Crippen molar-refractivity contribution >= 4 is 96.5 Å². The van der Waals surface area contributed by atoms with Gasteiger partial charge in [-0.1, -0.05) is 12.8 Å². The minimum Gasteiger partial charge on any atom is -0.305 e. The van der Waals surface area contributed by atoms with E-state index in [0.717, 1.165) is 4.24 Å². The molecule has 0 amide bonds. The van der Waals surface area contributed by atoms with Crippen LogP contribution in [-0.2, 0) is 0 Å². The van der Waals surface area contributed by atoms with Crippen LogP contribution in [0.1, 0.15) is 0 Å². The molecule has 1 heterocycles. The van der Waals surface area contributed by atoms with Crippen molar-refractivity contribution in [3.63, 3.8) is 0 Å². The van der Waals surface area contributed by atoms with Gasteiger partial charge >= 0.3 is 0 Å². The Morgan fingerprint density at radius 3 is 2.22 bits per heavy atom. The van der Waals surface area contributed by atoms with Crippen molar-refractivity contribution in [2.45, 2.75) is 0 Å². The van der Waals surface area contributed by atoms with E-state index in [1.54, 1.807) is 10.0 Å². The van der Waals surface area contributed by atoms with Crippen molar-refractivity contribution in [3.8, 4) is 0 Å².